The smallest absolute Gasteiger partial charge is 0.101 e. The Kier molecular flexibility index (Phi) is 2.84. The summed E-state index contributed by atoms with van der Waals surface area (Å²) < 4.78 is 1.03. The molecule has 1 aromatic rings. The Hall–Kier alpha value is -1.01. The van der Waals surface area contributed by atoms with Crippen LogP contribution in [0.25, 0.3) is 0 Å². The van der Waals surface area contributed by atoms with Crippen LogP contribution in [0.4, 0.5) is 5.69 Å². The zero-order valence-corrected chi connectivity index (χ0v) is 11.2. The van der Waals surface area contributed by atoms with Crippen molar-refractivity contribution in [3.63, 3.8) is 0 Å². The topological polar surface area (TPSA) is 35.8 Å². The first-order valence-electron chi connectivity index (χ1n) is 6.24. The minimum Gasteiger partial charge on any atom is -0.381 e. The van der Waals surface area contributed by atoms with Gasteiger partial charge in [-0.15, -0.1) is 0 Å². The molecule has 2 aliphatic rings. The third-order valence-corrected chi connectivity index (χ3v) is 4.18. The predicted octanol–water partition coefficient (Wildman–Crippen LogP) is 3.92. The van der Waals surface area contributed by atoms with E-state index in [1.165, 1.54) is 25.7 Å². The van der Waals surface area contributed by atoms with Crippen LogP contribution in [0.5, 0.6) is 0 Å². The molecule has 2 fully saturated rings. The molecule has 0 saturated heterocycles. The Labute approximate surface area is 110 Å². The van der Waals surface area contributed by atoms with E-state index in [0.29, 0.717) is 6.04 Å². The molecule has 1 aromatic carbocycles. The van der Waals surface area contributed by atoms with E-state index >= 15 is 0 Å². The summed E-state index contributed by atoms with van der Waals surface area (Å²) in [5.41, 5.74) is 1.74. The number of hydrogen-bond donors (Lipinski definition) is 1. The number of nitrogens with zero attached hydrogens (tertiary/aromatic N) is 1. The van der Waals surface area contributed by atoms with Gasteiger partial charge in [-0.05, 0) is 55.7 Å². The number of hydrogen-bond acceptors (Lipinski definition) is 2. The van der Waals surface area contributed by atoms with Gasteiger partial charge < -0.3 is 5.32 Å². The van der Waals surface area contributed by atoms with Gasteiger partial charge in [0.25, 0.3) is 0 Å². The summed E-state index contributed by atoms with van der Waals surface area (Å²) in [6.07, 6.45) is 5.40. The van der Waals surface area contributed by atoms with Crippen LogP contribution >= 0.6 is 15.9 Å². The number of benzene rings is 1. The third-order valence-electron chi connectivity index (χ3n) is 3.68. The van der Waals surface area contributed by atoms with Gasteiger partial charge in [-0.3, -0.25) is 0 Å². The lowest BCUT2D eigenvalue weighted by atomic mass is 10.1. The molecule has 0 bridgehead atoms. The Morgan fingerprint density at radius 2 is 1.88 bits per heavy atom. The zero-order chi connectivity index (χ0) is 11.8. The first-order valence-corrected chi connectivity index (χ1v) is 7.03. The molecular formula is C14H15BrN2. The van der Waals surface area contributed by atoms with Gasteiger partial charge in [0.1, 0.15) is 6.07 Å². The summed E-state index contributed by atoms with van der Waals surface area (Å²) in [5, 5.41) is 12.7. The second kappa shape index (κ2) is 4.34. The lowest BCUT2D eigenvalue weighted by Crippen LogP contribution is -2.24. The fourth-order valence-corrected chi connectivity index (χ4v) is 2.81. The summed E-state index contributed by atoms with van der Waals surface area (Å²) >= 11 is 3.47. The van der Waals surface area contributed by atoms with Gasteiger partial charge >= 0.3 is 0 Å². The number of rotatable bonds is 4. The molecular weight excluding hydrogens is 276 g/mol. The van der Waals surface area contributed by atoms with Gasteiger partial charge in [-0.2, -0.15) is 5.26 Å². The van der Waals surface area contributed by atoms with Gasteiger partial charge in [0, 0.05) is 10.5 Å². The quantitative estimate of drug-likeness (QED) is 0.912. The van der Waals surface area contributed by atoms with Gasteiger partial charge in [0.15, 0.2) is 0 Å². The highest BCUT2D eigenvalue weighted by atomic mass is 79.9. The monoisotopic (exact) mass is 290 g/mol. The fraction of sp³-hybridized carbons (Fsp3) is 0.500. The van der Waals surface area contributed by atoms with Crippen molar-refractivity contribution in [2.45, 2.75) is 31.7 Å². The van der Waals surface area contributed by atoms with Gasteiger partial charge in [0.2, 0.25) is 0 Å². The molecule has 0 aromatic heterocycles. The Balaban J connectivity index is 1.83. The second-order valence-electron chi connectivity index (χ2n) is 5.15. The van der Waals surface area contributed by atoms with Crippen molar-refractivity contribution in [1.82, 2.24) is 0 Å². The first kappa shape index (κ1) is 11.1. The number of nitriles is 1. The van der Waals surface area contributed by atoms with E-state index in [2.05, 4.69) is 27.3 Å². The van der Waals surface area contributed by atoms with E-state index < -0.39 is 0 Å². The largest absolute Gasteiger partial charge is 0.381 e. The molecule has 3 rings (SSSR count). The van der Waals surface area contributed by atoms with Crippen molar-refractivity contribution in [2.24, 2.45) is 11.8 Å². The van der Waals surface area contributed by atoms with E-state index in [9.17, 15) is 0 Å². The summed E-state index contributed by atoms with van der Waals surface area (Å²) in [6, 6.07) is 8.68. The van der Waals surface area contributed by atoms with E-state index in [1.807, 2.05) is 18.2 Å². The fourth-order valence-electron chi connectivity index (χ4n) is 2.44. The average Bonchev–Trinajstić information content (AvgIpc) is 3.16. The zero-order valence-electron chi connectivity index (χ0n) is 9.62. The molecule has 0 amide bonds. The van der Waals surface area contributed by atoms with Crippen LogP contribution in [0.2, 0.25) is 0 Å². The Morgan fingerprint density at radius 3 is 2.41 bits per heavy atom. The van der Waals surface area contributed by atoms with Crippen molar-refractivity contribution in [3.05, 3.63) is 28.2 Å². The lowest BCUT2D eigenvalue weighted by molar-refractivity contribution is 0.567. The van der Waals surface area contributed by atoms with E-state index in [0.717, 1.165) is 27.6 Å². The van der Waals surface area contributed by atoms with Crippen LogP contribution in [0.1, 0.15) is 31.2 Å². The lowest BCUT2D eigenvalue weighted by Gasteiger charge is -2.20. The number of anilines is 1. The molecule has 3 heteroatoms. The van der Waals surface area contributed by atoms with Crippen LogP contribution in [0.3, 0.4) is 0 Å². The number of halogens is 1. The van der Waals surface area contributed by atoms with Crippen molar-refractivity contribution < 1.29 is 0 Å². The summed E-state index contributed by atoms with van der Waals surface area (Å²) in [4.78, 5) is 0. The van der Waals surface area contributed by atoms with Crippen LogP contribution in [0.15, 0.2) is 22.7 Å². The maximum atomic E-state index is 9.13. The van der Waals surface area contributed by atoms with Crippen molar-refractivity contribution >= 4 is 21.6 Å². The first-order chi connectivity index (χ1) is 8.28. The predicted molar refractivity (Wildman–Crippen MR) is 71.7 cm³/mol. The van der Waals surface area contributed by atoms with Crippen LogP contribution < -0.4 is 5.32 Å². The molecule has 88 valence electrons. The maximum Gasteiger partial charge on any atom is 0.101 e. The molecule has 2 nitrogen and oxygen atoms in total. The second-order valence-corrected chi connectivity index (χ2v) is 6.06. The molecule has 17 heavy (non-hydrogen) atoms. The number of nitrogens with one attached hydrogen (secondary N) is 1. The summed E-state index contributed by atoms with van der Waals surface area (Å²) in [7, 11) is 0. The van der Waals surface area contributed by atoms with Crippen LogP contribution in [-0.2, 0) is 0 Å². The minimum atomic E-state index is 0.594. The van der Waals surface area contributed by atoms with Gasteiger partial charge in [0.05, 0.1) is 11.3 Å². The highest BCUT2D eigenvalue weighted by molar-refractivity contribution is 9.10. The van der Waals surface area contributed by atoms with Crippen LogP contribution in [-0.4, -0.2) is 6.04 Å². The molecule has 0 radical (unpaired) electrons. The molecule has 0 heterocycles. The van der Waals surface area contributed by atoms with E-state index in [4.69, 9.17) is 5.26 Å². The van der Waals surface area contributed by atoms with Crippen molar-refractivity contribution in [3.8, 4) is 6.07 Å². The molecule has 2 aliphatic carbocycles. The van der Waals surface area contributed by atoms with Gasteiger partial charge in [-0.25, -0.2) is 0 Å². The molecule has 0 spiro atoms. The molecule has 2 saturated carbocycles. The molecule has 0 unspecified atom stereocenters. The Bertz CT molecular complexity index is 458. The van der Waals surface area contributed by atoms with Gasteiger partial charge in [-0.1, -0.05) is 15.9 Å². The Morgan fingerprint density at radius 1 is 1.24 bits per heavy atom. The third kappa shape index (κ3) is 2.47. The molecule has 0 atom stereocenters. The average molecular weight is 291 g/mol. The standard InChI is InChI=1S/C14H15BrN2/c15-12-6-5-11(8-16)13(7-12)17-14(9-1-2-9)10-3-4-10/h5-7,9-10,14,17H,1-4H2. The van der Waals surface area contributed by atoms with Crippen molar-refractivity contribution in [1.29, 1.82) is 5.26 Å². The SMILES string of the molecule is N#Cc1ccc(Br)cc1NC(C1CC1)C1CC1. The van der Waals surface area contributed by atoms with E-state index in [1.54, 1.807) is 0 Å². The van der Waals surface area contributed by atoms with Crippen LogP contribution in [0, 0.1) is 23.2 Å². The highest BCUT2D eigenvalue weighted by Gasteiger charge is 2.41. The minimum absolute atomic E-state index is 0.594. The van der Waals surface area contributed by atoms with Crippen molar-refractivity contribution in [2.75, 3.05) is 5.32 Å². The maximum absolute atomic E-state index is 9.13. The molecule has 0 aliphatic heterocycles. The molecule has 1 N–H and O–H groups in total. The highest BCUT2D eigenvalue weighted by Crippen LogP contribution is 2.46. The van der Waals surface area contributed by atoms with E-state index in [-0.39, 0.29) is 0 Å². The summed E-state index contributed by atoms with van der Waals surface area (Å²) in [5.74, 6) is 1.68. The normalized spacial score (nSPS) is 19.1. The summed E-state index contributed by atoms with van der Waals surface area (Å²) in [6.45, 7) is 0.